The molecule has 0 saturated carbocycles. The van der Waals surface area contributed by atoms with Crippen molar-refractivity contribution in [2.45, 2.75) is 30.6 Å². The van der Waals surface area contributed by atoms with Crippen LogP contribution in [0.2, 0.25) is 0 Å². The molecule has 1 saturated heterocycles. The van der Waals surface area contributed by atoms with Crippen LogP contribution in [0.3, 0.4) is 0 Å². The standard InChI is InChI=1S/C15H21ClN2O2S.ClH/c16-14(8-11-18-9-2-1-3-10-18)12-13-4-6-15(7-5-13)21(17,19)20;/h4-8H,1-3,9-12H2,(H2,17,19,20);1H/b14-8-;. The minimum absolute atomic E-state index is 0. The first-order chi connectivity index (χ1) is 9.95. The molecule has 22 heavy (non-hydrogen) atoms. The molecule has 2 N–H and O–H groups in total. The van der Waals surface area contributed by atoms with Crippen molar-refractivity contribution < 1.29 is 8.42 Å². The van der Waals surface area contributed by atoms with Gasteiger partial charge >= 0.3 is 0 Å². The highest BCUT2D eigenvalue weighted by molar-refractivity contribution is 7.89. The second kappa shape index (κ2) is 8.89. The summed E-state index contributed by atoms with van der Waals surface area (Å²) in [4.78, 5) is 2.52. The number of nitrogens with zero attached hydrogens (tertiary/aromatic N) is 1. The number of hydrogen-bond donors (Lipinski definition) is 1. The van der Waals surface area contributed by atoms with E-state index in [4.69, 9.17) is 16.7 Å². The molecule has 1 fully saturated rings. The summed E-state index contributed by atoms with van der Waals surface area (Å²) in [5, 5.41) is 5.85. The molecule has 1 aliphatic rings. The molecule has 1 heterocycles. The maximum absolute atomic E-state index is 11.2. The lowest BCUT2D eigenvalue weighted by molar-refractivity contribution is 0.251. The molecule has 0 radical (unpaired) electrons. The van der Waals surface area contributed by atoms with E-state index in [1.165, 1.54) is 31.4 Å². The summed E-state index contributed by atoms with van der Waals surface area (Å²) < 4.78 is 22.4. The zero-order valence-electron chi connectivity index (χ0n) is 12.4. The first-order valence-electron chi connectivity index (χ1n) is 7.14. The Balaban J connectivity index is 0.00000242. The second-order valence-electron chi connectivity index (χ2n) is 5.38. The molecule has 0 aromatic heterocycles. The Morgan fingerprint density at radius 2 is 1.77 bits per heavy atom. The number of rotatable bonds is 5. The zero-order valence-corrected chi connectivity index (χ0v) is 14.8. The monoisotopic (exact) mass is 364 g/mol. The lowest BCUT2D eigenvalue weighted by Crippen LogP contribution is -2.29. The van der Waals surface area contributed by atoms with E-state index in [1.807, 2.05) is 6.08 Å². The van der Waals surface area contributed by atoms with Gasteiger partial charge in [-0.05, 0) is 43.6 Å². The molecule has 0 amide bonds. The van der Waals surface area contributed by atoms with E-state index >= 15 is 0 Å². The fraction of sp³-hybridized carbons (Fsp3) is 0.467. The Kier molecular flexibility index (Phi) is 7.86. The quantitative estimate of drug-likeness (QED) is 0.873. The number of halogens is 2. The van der Waals surface area contributed by atoms with Gasteiger partial charge in [-0.25, -0.2) is 13.6 Å². The van der Waals surface area contributed by atoms with E-state index in [0.29, 0.717) is 6.42 Å². The molecular weight excluding hydrogens is 343 g/mol. The fourth-order valence-electron chi connectivity index (χ4n) is 2.43. The molecule has 0 unspecified atom stereocenters. The van der Waals surface area contributed by atoms with Gasteiger partial charge in [0.25, 0.3) is 0 Å². The molecule has 1 aliphatic heterocycles. The summed E-state index contributed by atoms with van der Waals surface area (Å²) in [6.07, 6.45) is 6.51. The van der Waals surface area contributed by atoms with Crippen molar-refractivity contribution in [2.24, 2.45) is 5.14 Å². The van der Waals surface area contributed by atoms with Crippen molar-refractivity contribution in [3.8, 4) is 0 Å². The number of nitrogens with two attached hydrogens (primary N) is 1. The third-order valence-corrected chi connectivity index (χ3v) is 4.86. The maximum Gasteiger partial charge on any atom is 0.238 e. The molecule has 0 bridgehead atoms. The van der Waals surface area contributed by atoms with Crippen LogP contribution in [-0.2, 0) is 16.4 Å². The van der Waals surface area contributed by atoms with Crippen LogP contribution >= 0.6 is 24.0 Å². The Hall–Kier alpha value is -0.590. The fourth-order valence-corrected chi connectivity index (χ4v) is 3.17. The number of sulfonamides is 1. The van der Waals surface area contributed by atoms with E-state index in [9.17, 15) is 8.42 Å². The van der Waals surface area contributed by atoms with Crippen molar-refractivity contribution in [3.63, 3.8) is 0 Å². The van der Waals surface area contributed by atoms with Gasteiger partial charge < -0.3 is 0 Å². The lowest BCUT2D eigenvalue weighted by atomic mass is 10.1. The van der Waals surface area contributed by atoms with Crippen molar-refractivity contribution in [3.05, 3.63) is 40.9 Å². The molecule has 0 atom stereocenters. The van der Waals surface area contributed by atoms with E-state index in [0.717, 1.165) is 30.2 Å². The number of primary sulfonamides is 1. The topological polar surface area (TPSA) is 63.4 Å². The van der Waals surface area contributed by atoms with Gasteiger partial charge in [-0.2, -0.15) is 0 Å². The number of likely N-dealkylation sites (tertiary alicyclic amines) is 1. The summed E-state index contributed by atoms with van der Waals surface area (Å²) in [6.45, 7) is 3.17. The average Bonchev–Trinajstić information content (AvgIpc) is 2.46. The molecule has 4 nitrogen and oxygen atoms in total. The minimum atomic E-state index is -3.63. The normalized spacial score (nSPS) is 17.1. The van der Waals surface area contributed by atoms with Crippen molar-refractivity contribution in [2.75, 3.05) is 19.6 Å². The first-order valence-corrected chi connectivity index (χ1v) is 9.06. The molecule has 7 heteroatoms. The van der Waals surface area contributed by atoms with Gasteiger partial charge in [0.05, 0.1) is 4.90 Å². The zero-order chi connectivity index (χ0) is 15.3. The van der Waals surface area contributed by atoms with Gasteiger partial charge in [-0.15, -0.1) is 12.4 Å². The van der Waals surface area contributed by atoms with Gasteiger partial charge in [0.1, 0.15) is 0 Å². The van der Waals surface area contributed by atoms with Crippen LogP contribution in [0.15, 0.2) is 40.3 Å². The predicted molar refractivity (Wildman–Crippen MR) is 93.0 cm³/mol. The van der Waals surface area contributed by atoms with E-state index < -0.39 is 10.0 Å². The van der Waals surface area contributed by atoms with Crippen LogP contribution in [-0.4, -0.2) is 33.0 Å². The highest BCUT2D eigenvalue weighted by Gasteiger charge is 2.09. The number of hydrogen-bond acceptors (Lipinski definition) is 3. The maximum atomic E-state index is 11.2. The lowest BCUT2D eigenvalue weighted by Gasteiger charge is -2.25. The van der Waals surface area contributed by atoms with Gasteiger partial charge in [-0.1, -0.05) is 36.2 Å². The van der Waals surface area contributed by atoms with Crippen molar-refractivity contribution >= 4 is 34.0 Å². The van der Waals surface area contributed by atoms with Gasteiger partial charge in [0.2, 0.25) is 10.0 Å². The highest BCUT2D eigenvalue weighted by atomic mass is 35.5. The molecule has 1 aromatic carbocycles. The second-order valence-corrected chi connectivity index (χ2v) is 7.42. The highest BCUT2D eigenvalue weighted by Crippen LogP contribution is 2.15. The summed E-state index contributed by atoms with van der Waals surface area (Å²) in [7, 11) is -3.63. The third kappa shape index (κ3) is 6.26. The Morgan fingerprint density at radius 1 is 1.18 bits per heavy atom. The predicted octanol–water partition coefficient (Wildman–Crippen LogP) is 2.91. The van der Waals surface area contributed by atoms with E-state index in [1.54, 1.807) is 12.1 Å². The summed E-state index contributed by atoms with van der Waals surface area (Å²) in [6, 6.07) is 6.52. The summed E-state index contributed by atoms with van der Waals surface area (Å²) in [5.41, 5.74) is 0.974. The first kappa shape index (κ1) is 19.5. The van der Waals surface area contributed by atoms with Gasteiger partial charge in [0, 0.05) is 18.0 Å². The number of piperidine rings is 1. The average molecular weight is 365 g/mol. The van der Waals surface area contributed by atoms with Gasteiger partial charge in [-0.3, -0.25) is 4.90 Å². The SMILES string of the molecule is Cl.NS(=O)(=O)c1ccc(C/C(Cl)=C/CN2CCCCC2)cc1. The van der Waals surface area contributed by atoms with E-state index in [-0.39, 0.29) is 17.3 Å². The van der Waals surface area contributed by atoms with Crippen LogP contribution in [0.5, 0.6) is 0 Å². The molecule has 0 aliphatic carbocycles. The minimum Gasteiger partial charge on any atom is -0.300 e. The number of allylic oxidation sites excluding steroid dienone is 1. The van der Waals surface area contributed by atoms with Crippen LogP contribution in [0.25, 0.3) is 0 Å². The molecule has 0 spiro atoms. The smallest absolute Gasteiger partial charge is 0.238 e. The molecular formula is C15H22Cl2N2O2S. The van der Waals surface area contributed by atoms with E-state index in [2.05, 4.69) is 4.90 Å². The molecule has 1 aromatic rings. The Labute approximate surface area is 143 Å². The molecule has 2 rings (SSSR count). The van der Waals surface area contributed by atoms with Gasteiger partial charge in [0.15, 0.2) is 0 Å². The molecule has 124 valence electrons. The summed E-state index contributed by atoms with van der Waals surface area (Å²) >= 11 is 6.26. The summed E-state index contributed by atoms with van der Waals surface area (Å²) in [5.74, 6) is 0. The third-order valence-electron chi connectivity index (χ3n) is 3.64. The van der Waals surface area contributed by atoms with Crippen LogP contribution in [0.1, 0.15) is 24.8 Å². The Morgan fingerprint density at radius 3 is 2.32 bits per heavy atom. The van der Waals surface area contributed by atoms with Crippen LogP contribution in [0, 0.1) is 0 Å². The van der Waals surface area contributed by atoms with Crippen LogP contribution < -0.4 is 5.14 Å². The number of benzene rings is 1. The Bertz CT molecular complexity index is 594. The van der Waals surface area contributed by atoms with Crippen LogP contribution in [0.4, 0.5) is 0 Å². The van der Waals surface area contributed by atoms with Crippen molar-refractivity contribution in [1.29, 1.82) is 0 Å². The largest absolute Gasteiger partial charge is 0.300 e. The van der Waals surface area contributed by atoms with Crippen molar-refractivity contribution in [1.82, 2.24) is 4.90 Å².